The van der Waals surface area contributed by atoms with Crippen LogP contribution in [0, 0.1) is 0 Å². The van der Waals surface area contributed by atoms with Crippen LogP contribution in [0.25, 0.3) is 11.0 Å². The van der Waals surface area contributed by atoms with E-state index >= 15 is 0 Å². The topological polar surface area (TPSA) is 57.8 Å². The fraction of sp³-hybridized carbons (Fsp3) is 0.333. The molecule has 2 aromatic heterocycles. The Hall–Kier alpha value is -2.10. The molecule has 4 nitrogen and oxygen atoms in total. The molecule has 0 fully saturated rings. The van der Waals surface area contributed by atoms with Crippen LogP contribution in [0.4, 0.5) is 0 Å². The number of pyridine rings is 1. The third-order valence-electron chi connectivity index (χ3n) is 3.66. The maximum atomic E-state index is 11.3. The van der Waals surface area contributed by atoms with Crippen LogP contribution in [0.5, 0.6) is 0 Å². The van der Waals surface area contributed by atoms with Crippen LogP contribution in [0.15, 0.2) is 36.7 Å². The monoisotopic (exact) mass is 255 g/mol. The van der Waals surface area contributed by atoms with E-state index in [2.05, 4.69) is 27.4 Å². The Kier molecular flexibility index (Phi) is 3.07. The minimum Gasteiger partial charge on any atom is -0.353 e. The molecule has 2 heterocycles. The molecule has 1 aliphatic carbocycles. The SMILES string of the molecule is CC(=O)NC1CCC=CC1c1ccnc2[nH]ccc12. The molecule has 1 aliphatic rings. The lowest BCUT2D eigenvalue weighted by molar-refractivity contribution is -0.119. The van der Waals surface area contributed by atoms with Gasteiger partial charge in [0.2, 0.25) is 5.91 Å². The lowest BCUT2D eigenvalue weighted by Crippen LogP contribution is -2.38. The number of allylic oxidation sites excluding steroid dienone is 1. The second kappa shape index (κ2) is 4.88. The first-order valence-electron chi connectivity index (χ1n) is 6.61. The molecule has 0 saturated carbocycles. The zero-order chi connectivity index (χ0) is 13.2. The summed E-state index contributed by atoms with van der Waals surface area (Å²) in [6, 6.07) is 4.26. The maximum Gasteiger partial charge on any atom is 0.217 e. The number of carbonyl (C=O) groups excluding carboxylic acids is 1. The first-order chi connectivity index (χ1) is 9.25. The average molecular weight is 255 g/mol. The summed E-state index contributed by atoms with van der Waals surface area (Å²) in [5.41, 5.74) is 2.12. The van der Waals surface area contributed by atoms with Crippen molar-refractivity contribution in [3.05, 3.63) is 42.2 Å². The average Bonchev–Trinajstić information content (AvgIpc) is 2.87. The van der Waals surface area contributed by atoms with Gasteiger partial charge in [-0.15, -0.1) is 0 Å². The summed E-state index contributed by atoms with van der Waals surface area (Å²) < 4.78 is 0. The fourth-order valence-electron chi connectivity index (χ4n) is 2.85. The van der Waals surface area contributed by atoms with Gasteiger partial charge in [0.05, 0.1) is 0 Å². The molecule has 0 aromatic carbocycles. The molecule has 3 rings (SSSR count). The van der Waals surface area contributed by atoms with Crippen molar-refractivity contribution in [2.45, 2.75) is 31.7 Å². The molecule has 0 aliphatic heterocycles. The molecule has 0 spiro atoms. The highest BCUT2D eigenvalue weighted by molar-refractivity contribution is 5.80. The van der Waals surface area contributed by atoms with Gasteiger partial charge in [-0.3, -0.25) is 4.79 Å². The number of carbonyl (C=O) groups is 1. The van der Waals surface area contributed by atoms with Gasteiger partial charge in [-0.2, -0.15) is 0 Å². The Labute approximate surface area is 111 Å². The minimum atomic E-state index is 0.0321. The third kappa shape index (κ3) is 2.26. The van der Waals surface area contributed by atoms with E-state index in [1.165, 1.54) is 5.56 Å². The number of rotatable bonds is 2. The smallest absolute Gasteiger partial charge is 0.217 e. The van der Waals surface area contributed by atoms with Crippen molar-refractivity contribution >= 4 is 16.9 Å². The fourth-order valence-corrected chi connectivity index (χ4v) is 2.85. The summed E-state index contributed by atoms with van der Waals surface area (Å²) in [6.07, 6.45) is 10.1. The molecular weight excluding hydrogens is 238 g/mol. The number of nitrogens with zero attached hydrogens (tertiary/aromatic N) is 1. The van der Waals surface area contributed by atoms with Crippen molar-refractivity contribution in [1.29, 1.82) is 0 Å². The minimum absolute atomic E-state index is 0.0321. The summed E-state index contributed by atoms with van der Waals surface area (Å²) in [6.45, 7) is 1.58. The summed E-state index contributed by atoms with van der Waals surface area (Å²) in [5.74, 6) is 0.253. The molecule has 0 saturated heterocycles. The van der Waals surface area contributed by atoms with Gasteiger partial charge in [0.15, 0.2) is 0 Å². The maximum absolute atomic E-state index is 11.3. The summed E-state index contributed by atoms with van der Waals surface area (Å²) in [7, 11) is 0. The predicted molar refractivity (Wildman–Crippen MR) is 74.8 cm³/mol. The third-order valence-corrected chi connectivity index (χ3v) is 3.66. The summed E-state index contributed by atoms with van der Waals surface area (Å²) in [4.78, 5) is 18.8. The Morgan fingerprint density at radius 3 is 3.21 bits per heavy atom. The molecule has 1 amide bonds. The number of nitrogens with one attached hydrogen (secondary N) is 2. The second-order valence-corrected chi connectivity index (χ2v) is 4.98. The van der Waals surface area contributed by atoms with Gasteiger partial charge in [-0.25, -0.2) is 4.98 Å². The Morgan fingerprint density at radius 2 is 2.37 bits per heavy atom. The van der Waals surface area contributed by atoms with Gasteiger partial charge in [0.25, 0.3) is 0 Å². The van der Waals surface area contributed by atoms with E-state index in [1.807, 2.05) is 24.5 Å². The number of hydrogen-bond donors (Lipinski definition) is 2. The van der Waals surface area contributed by atoms with E-state index in [0.29, 0.717) is 0 Å². The van der Waals surface area contributed by atoms with Crippen LogP contribution in [0.3, 0.4) is 0 Å². The summed E-state index contributed by atoms with van der Waals surface area (Å²) in [5, 5.41) is 4.20. The van der Waals surface area contributed by atoms with E-state index in [0.717, 1.165) is 23.9 Å². The Morgan fingerprint density at radius 1 is 1.47 bits per heavy atom. The van der Waals surface area contributed by atoms with E-state index in [-0.39, 0.29) is 17.9 Å². The van der Waals surface area contributed by atoms with Crippen LogP contribution in [0.1, 0.15) is 31.2 Å². The molecule has 19 heavy (non-hydrogen) atoms. The first kappa shape index (κ1) is 12.0. The van der Waals surface area contributed by atoms with Gasteiger partial charge in [-0.05, 0) is 30.5 Å². The first-order valence-corrected chi connectivity index (χ1v) is 6.61. The predicted octanol–water partition coefficient (Wildman–Crippen LogP) is 2.50. The number of aromatic amines is 1. The van der Waals surface area contributed by atoms with Crippen molar-refractivity contribution in [2.75, 3.05) is 0 Å². The van der Waals surface area contributed by atoms with Crippen LogP contribution in [-0.2, 0) is 4.79 Å². The Bertz CT molecular complexity index is 629. The number of H-pyrrole nitrogens is 1. The van der Waals surface area contributed by atoms with E-state index in [9.17, 15) is 4.79 Å². The molecule has 2 aromatic rings. The van der Waals surface area contributed by atoms with Gasteiger partial charge in [-0.1, -0.05) is 12.2 Å². The summed E-state index contributed by atoms with van der Waals surface area (Å²) >= 11 is 0. The number of aromatic nitrogens is 2. The number of fused-ring (bicyclic) bond motifs is 1. The van der Waals surface area contributed by atoms with Crippen molar-refractivity contribution in [2.24, 2.45) is 0 Å². The van der Waals surface area contributed by atoms with Crippen molar-refractivity contribution in [3.63, 3.8) is 0 Å². The second-order valence-electron chi connectivity index (χ2n) is 4.98. The normalized spacial score (nSPS) is 22.6. The Balaban J connectivity index is 2.02. The van der Waals surface area contributed by atoms with Crippen molar-refractivity contribution in [3.8, 4) is 0 Å². The lowest BCUT2D eigenvalue weighted by atomic mass is 9.84. The highest BCUT2D eigenvalue weighted by Gasteiger charge is 2.25. The van der Waals surface area contributed by atoms with Gasteiger partial charge in [0, 0.05) is 36.7 Å². The highest BCUT2D eigenvalue weighted by atomic mass is 16.1. The quantitative estimate of drug-likeness (QED) is 0.810. The van der Waals surface area contributed by atoms with Crippen molar-refractivity contribution < 1.29 is 4.79 Å². The largest absolute Gasteiger partial charge is 0.353 e. The van der Waals surface area contributed by atoms with Crippen molar-refractivity contribution in [1.82, 2.24) is 15.3 Å². The van der Waals surface area contributed by atoms with Gasteiger partial charge >= 0.3 is 0 Å². The van der Waals surface area contributed by atoms with Crippen LogP contribution in [-0.4, -0.2) is 21.9 Å². The molecule has 2 atom stereocenters. The molecule has 98 valence electrons. The van der Waals surface area contributed by atoms with Crippen LogP contribution >= 0.6 is 0 Å². The van der Waals surface area contributed by atoms with Gasteiger partial charge < -0.3 is 10.3 Å². The van der Waals surface area contributed by atoms with Crippen LogP contribution in [0.2, 0.25) is 0 Å². The van der Waals surface area contributed by atoms with E-state index < -0.39 is 0 Å². The van der Waals surface area contributed by atoms with E-state index in [4.69, 9.17) is 0 Å². The lowest BCUT2D eigenvalue weighted by Gasteiger charge is -2.29. The molecule has 2 N–H and O–H groups in total. The van der Waals surface area contributed by atoms with Crippen LogP contribution < -0.4 is 5.32 Å². The standard InChI is InChI=1S/C15H17N3O/c1-10(19)18-14-5-3-2-4-12(14)11-6-8-16-15-13(11)7-9-17-15/h2,4,6-9,12,14H,3,5H2,1H3,(H,16,17)(H,18,19). The number of hydrogen-bond acceptors (Lipinski definition) is 2. The van der Waals surface area contributed by atoms with Gasteiger partial charge in [0.1, 0.15) is 5.65 Å². The molecule has 0 radical (unpaired) electrons. The number of amides is 1. The molecule has 2 unspecified atom stereocenters. The van der Waals surface area contributed by atoms with E-state index in [1.54, 1.807) is 6.92 Å². The molecule has 0 bridgehead atoms. The zero-order valence-corrected chi connectivity index (χ0v) is 10.9. The molecular formula is C15H17N3O. The highest BCUT2D eigenvalue weighted by Crippen LogP contribution is 2.32. The molecule has 4 heteroatoms. The zero-order valence-electron chi connectivity index (χ0n) is 10.9.